The summed E-state index contributed by atoms with van der Waals surface area (Å²) in [6.07, 6.45) is 2.35. The van der Waals surface area contributed by atoms with Crippen LogP contribution in [0.3, 0.4) is 0 Å². The van der Waals surface area contributed by atoms with Gasteiger partial charge in [-0.3, -0.25) is 9.59 Å². The number of nitrogens with one attached hydrogen (secondary N) is 2. The van der Waals surface area contributed by atoms with Crippen molar-refractivity contribution in [2.24, 2.45) is 5.92 Å². The number of nitrogens with zero attached hydrogens (tertiary/aromatic N) is 1. The van der Waals surface area contributed by atoms with Crippen LogP contribution in [0.5, 0.6) is 0 Å². The van der Waals surface area contributed by atoms with E-state index in [-0.39, 0.29) is 11.8 Å². The summed E-state index contributed by atoms with van der Waals surface area (Å²) in [6.45, 7) is 5.64. The van der Waals surface area contributed by atoms with E-state index in [2.05, 4.69) is 10.3 Å². The van der Waals surface area contributed by atoms with Gasteiger partial charge < -0.3 is 19.9 Å². The van der Waals surface area contributed by atoms with Crippen LogP contribution in [0.1, 0.15) is 54.7 Å². The van der Waals surface area contributed by atoms with Crippen molar-refractivity contribution in [2.75, 3.05) is 7.11 Å². The third-order valence-corrected chi connectivity index (χ3v) is 6.22. The minimum atomic E-state index is -0.803. The highest BCUT2D eigenvalue weighted by atomic mass is 16.5. The highest BCUT2D eigenvalue weighted by Crippen LogP contribution is 2.42. The van der Waals surface area contributed by atoms with E-state index >= 15 is 0 Å². The Hall–Kier alpha value is -3.61. The van der Waals surface area contributed by atoms with Gasteiger partial charge >= 0.3 is 5.97 Å². The Bertz CT molecular complexity index is 1200. The molecule has 0 saturated carbocycles. The van der Waals surface area contributed by atoms with Crippen LogP contribution in [-0.4, -0.2) is 46.9 Å². The second-order valence-corrected chi connectivity index (χ2v) is 8.88. The van der Waals surface area contributed by atoms with E-state index in [1.54, 1.807) is 17.9 Å². The number of hydrogen-bond acceptors (Lipinski definition) is 4. The maximum atomic E-state index is 13.5. The third kappa shape index (κ3) is 4.11. The Morgan fingerprint density at radius 2 is 1.76 bits per heavy atom. The highest BCUT2D eigenvalue weighted by molar-refractivity contribution is 6.03. The number of ether oxygens (including phenoxy) is 1. The summed E-state index contributed by atoms with van der Waals surface area (Å²) in [7, 11) is 1.30. The molecule has 0 fully saturated rings. The van der Waals surface area contributed by atoms with E-state index in [0.29, 0.717) is 12.0 Å². The molecule has 2 N–H and O–H groups in total. The molecule has 1 aliphatic rings. The largest absolute Gasteiger partial charge is 0.467 e. The van der Waals surface area contributed by atoms with Gasteiger partial charge in [-0.25, -0.2) is 4.79 Å². The first-order chi connectivity index (χ1) is 15.8. The van der Waals surface area contributed by atoms with Crippen molar-refractivity contribution in [1.29, 1.82) is 0 Å². The molecule has 7 heteroatoms. The molecule has 1 aliphatic heterocycles. The van der Waals surface area contributed by atoms with E-state index in [1.807, 2.05) is 62.5 Å². The monoisotopic (exact) mass is 447 g/mol. The van der Waals surface area contributed by atoms with E-state index in [9.17, 15) is 14.4 Å². The van der Waals surface area contributed by atoms with Gasteiger partial charge in [-0.15, -0.1) is 0 Å². The van der Waals surface area contributed by atoms with Crippen LogP contribution in [-0.2, 0) is 14.3 Å². The molecular weight excluding hydrogens is 418 g/mol. The lowest BCUT2D eigenvalue weighted by molar-refractivity contribution is -0.146. The maximum absolute atomic E-state index is 13.5. The molecule has 0 spiro atoms. The number of aromatic amines is 1. The molecule has 2 heterocycles. The van der Waals surface area contributed by atoms with Gasteiger partial charge in [0, 0.05) is 28.2 Å². The summed E-state index contributed by atoms with van der Waals surface area (Å²) in [5.41, 5.74) is 3.33. The average Bonchev–Trinajstić information content (AvgIpc) is 3.36. The summed E-state index contributed by atoms with van der Waals surface area (Å²) in [6, 6.07) is 13.3. The van der Waals surface area contributed by atoms with Gasteiger partial charge in [0.1, 0.15) is 12.1 Å². The van der Waals surface area contributed by atoms with Gasteiger partial charge in [0.25, 0.3) is 5.91 Å². The Morgan fingerprint density at radius 3 is 2.48 bits per heavy atom. The van der Waals surface area contributed by atoms with Crippen LogP contribution in [0.25, 0.3) is 10.9 Å². The fourth-order valence-corrected chi connectivity index (χ4v) is 4.62. The zero-order valence-corrected chi connectivity index (χ0v) is 19.3. The quantitative estimate of drug-likeness (QED) is 0.539. The Kier molecular flexibility index (Phi) is 6.22. The zero-order chi connectivity index (χ0) is 23.7. The number of hydrogen-bond donors (Lipinski definition) is 2. The molecule has 172 valence electrons. The van der Waals surface area contributed by atoms with Crippen molar-refractivity contribution in [1.82, 2.24) is 15.2 Å². The number of fused-ring (bicyclic) bond motifs is 2. The van der Waals surface area contributed by atoms with Crippen LogP contribution in [0.15, 0.2) is 54.7 Å². The molecule has 0 radical (unpaired) electrons. The van der Waals surface area contributed by atoms with Crippen molar-refractivity contribution in [3.63, 3.8) is 0 Å². The fourth-order valence-electron chi connectivity index (χ4n) is 4.62. The lowest BCUT2D eigenvalue weighted by atomic mass is 9.97. The Balaban J connectivity index is 1.71. The summed E-state index contributed by atoms with van der Waals surface area (Å²) in [5.74, 6) is -0.908. The Morgan fingerprint density at radius 1 is 1.06 bits per heavy atom. The molecule has 1 aromatic heterocycles. The molecule has 7 nitrogen and oxygen atoms in total. The minimum Gasteiger partial charge on any atom is -0.467 e. The van der Waals surface area contributed by atoms with Gasteiger partial charge in [0.2, 0.25) is 5.91 Å². The van der Waals surface area contributed by atoms with Crippen molar-refractivity contribution < 1.29 is 19.1 Å². The van der Waals surface area contributed by atoms with Gasteiger partial charge in [-0.1, -0.05) is 50.2 Å². The number of methoxy groups -OCH3 is 1. The van der Waals surface area contributed by atoms with Gasteiger partial charge in [0.15, 0.2) is 0 Å². The number of H-pyrrole nitrogens is 1. The standard InChI is InChI=1S/C26H29N3O4/c1-15(2)13-22(26(32)33-4)28-24(30)16(3)29-23(18-10-5-6-11-19(18)25(29)31)20-14-27-21-12-8-7-9-17(20)21/h5-12,14-16,22-23,27H,13H2,1-4H3,(H,28,30)/t16-,22-,23+/m0/s1. The molecule has 0 saturated heterocycles. The lowest BCUT2D eigenvalue weighted by Gasteiger charge is -2.31. The van der Waals surface area contributed by atoms with Gasteiger partial charge in [-0.05, 0) is 37.0 Å². The predicted octanol–water partition coefficient (Wildman–Crippen LogP) is 3.81. The molecule has 3 aromatic rings. The summed E-state index contributed by atoms with van der Waals surface area (Å²) in [4.78, 5) is 43.9. The predicted molar refractivity (Wildman–Crippen MR) is 126 cm³/mol. The Labute approximate surface area is 193 Å². The van der Waals surface area contributed by atoms with E-state index in [4.69, 9.17) is 4.74 Å². The fraction of sp³-hybridized carbons (Fsp3) is 0.346. The second-order valence-electron chi connectivity index (χ2n) is 8.88. The molecule has 3 atom stereocenters. The summed E-state index contributed by atoms with van der Waals surface area (Å²) >= 11 is 0. The van der Waals surface area contributed by atoms with Crippen molar-refractivity contribution in [3.05, 3.63) is 71.4 Å². The molecule has 0 unspecified atom stereocenters. The SMILES string of the molecule is COC(=O)[C@H](CC(C)C)NC(=O)[C@H](C)N1C(=O)c2ccccc2[C@@H]1c1c[nH]c2ccccc12. The first kappa shape index (κ1) is 22.6. The smallest absolute Gasteiger partial charge is 0.328 e. The van der Waals surface area contributed by atoms with Crippen LogP contribution in [0, 0.1) is 5.92 Å². The number of carbonyl (C=O) groups excluding carboxylic acids is 3. The summed E-state index contributed by atoms with van der Waals surface area (Å²) < 4.78 is 4.88. The van der Waals surface area contributed by atoms with E-state index < -0.39 is 30.0 Å². The molecule has 0 aliphatic carbocycles. The number of aromatic nitrogens is 1. The second kappa shape index (κ2) is 9.10. The molecule has 33 heavy (non-hydrogen) atoms. The number of para-hydroxylation sites is 1. The van der Waals surface area contributed by atoms with Crippen LogP contribution in [0.2, 0.25) is 0 Å². The normalized spacial score (nSPS) is 17.2. The van der Waals surface area contributed by atoms with E-state index in [0.717, 1.165) is 22.0 Å². The van der Waals surface area contributed by atoms with E-state index in [1.165, 1.54) is 7.11 Å². The van der Waals surface area contributed by atoms with Crippen LogP contribution in [0.4, 0.5) is 0 Å². The van der Waals surface area contributed by atoms with Crippen molar-refractivity contribution in [2.45, 2.75) is 45.3 Å². The highest BCUT2D eigenvalue weighted by Gasteiger charge is 2.43. The summed E-state index contributed by atoms with van der Waals surface area (Å²) in [5, 5.41) is 3.81. The molecule has 4 rings (SSSR count). The molecule has 2 amide bonds. The topological polar surface area (TPSA) is 91.5 Å². The van der Waals surface area contributed by atoms with Crippen LogP contribution < -0.4 is 5.32 Å². The lowest BCUT2D eigenvalue weighted by Crippen LogP contribution is -2.52. The molecule has 2 aromatic carbocycles. The maximum Gasteiger partial charge on any atom is 0.328 e. The first-order valence-corrected chi connectivity index (χ1v) is 11.2. The van der Waals surface area contributed by atoms with Crippen molar-refractivity contribution >= 4 is 28.7 Å². The number of benzene rings is 2. The third-order valence-electron chi connectivity index (χ3n) is 6.22. The van der Waals surface area contributed by atoms with Gasteiger partial charge in [-0.2, -0.15) is 0 Å². The van der Waals surface area contributed by atoms with Crippen LogP contribution >= 0.6 is 0 Å². The minimum absolute atomic E-state index is 0.182. The first-order valence-electron chi connectivity index (χ1n) is 11.2. The average molecular weight is 448 g/mol. The number of amides is 2. The number of esters is 1. The van der Waals surface area contributed by atoms with Crippen molar-refractivity contribution in [3.8, 4) is 0 Å². The van der Waals surface area contributed by atoms with Gasteiger partial charge in [0.05, 0.1) is 13.2 Å². The number of carbonyl (C=O) groups is 3. The number of rotatable bonds is 7. The zero-order valence-electron chi connectivity index (χ0n) is 19.3. The molecular formula is C26H29N3O4. The molecule has 0 bridgehead atoms.